The highest BCUT2D eigenvalue weighted by atomic mass is 32.1. The van der Waals surface area contributed by atoms with Crippen LogP contribution in [0.2, 0.25) is 0 Å². The van der Waals surface area contributed by atoms with Gasteiger partial charge in [-0.2, -0.15) is 0 Å². The highest BCUT2D eigenvalue weighted by Gasteiger charge is 2.42. The van der Waals surface area contributed by atoms with Crippen LogP contribution in [-0.4, -0.2) is 22.3 Å². The van der Waals surface area contributed by atoms with Gasteiger partial charge >= 0.3 is 0 Å². The van der Waals surface area contributed by atoms with Crippen molar-refractivity contribution >= 4 is 11.3 Å². The molecule has 1 aromatic heterocycles. The number of hydrogen-bond acceptors (Lipinski definition) is 4. The summed E-state index contributed by atoms with van der Waals surface area (Å²) in [6.45, 7) is 1.76. The zero-order valence-corrected chi connectivity index (χ0v) is 9.54. The fourth-order valence-electron chi connectivity index (χ4n) is 2.56. The molecule has 0 spiro atoms. The quantitative estimate of drug-likeness (QED) is 0.839. The van der Waals surface area contributed by atoms with Crippen LogP contribution in [0.3, 0.4) is 0 Å². The molecule has 2 bridgehead atoms. The molecule has 3 rings (SSSR count). The topological polar surface area (TPSA) is 42.4 Å². The summed E-state index contributed by atoms with van der Waals surface area (Å²) >= 11 is 1.66. The molecule has 4 unspecified atom stereocenters. The molecule has 1 N–H and O–H groups in total. The summed E-state index contributed by atoms with van der Waals surface area (Å²) < 4.78 is 5.81. The molecule has 2 aliphatic heterocycles. The van der Waals surface area contributed by atoms with Gasteiger partial charge in [-0.25, -0.2) is 4.98 Å². The van der Waals surface area contributed by atoms with Gasteiger partial charge in [-0.05, 0) is 26.2 Å². The summed E-state index contributed by atoms with van der Waals surface area (Å²) in [5.41, 5.74) is 0.803. The molecule has 0 radical (unpaired) electrons. The van der Waals surface area contributed by atoms with Gasteiger partial charge in [0.1, 0.15) is 0 Å². The SMILES string of the molecule is CC(O)c1csc(C2CC3CCC2O3)n1. The molecule has 0 aromatic carbocycles. The third kappa shape index (κ3) is 1.61. The fourth-order valence-corrected chi connectivity index (χ4v) is 3.63. The predicted octanol–water partition coefficient (Wildman–Crippen LogP) is 2.23. The second-order valence-electron chi connectivity index (χ2n) is 4.50. The molecule has 0 amide bonds. The third-order valence-corrected chi connectivity index (χ3v) is 4.39. The molecule has 4 atom stereocenters. The highest BCUT2D eigenvalue weighted by Crippen LogP contribution is 2.45. The van der Waals surface area contributed by atoms with Crippen molar-refractivity contribution in [3.8, 4) is 0 Å². The minimum Gasteiger partial charge on any atom is -0.387 e. The van der Waals surface area contributed by atoms with Crippen molar-refractivity contribution < 1.29 is 9.84 Å². The number of aliphatic hydroxyl groups excluding tert-OH is 1. The number of fused-ring (bicyclic) bond motifs is 2. The molecule has 0 aliphatic carbocycles. The summed E-state index contributed by atoms with van der Waals surface area (Å²) in [6.07, 6.45) is 3.93. The number of ether oxygens (including phenoxy) is 1. The van der Waals surface area contributed by atoms with Gasteiger partial charge in [0.2, 0.25) is 0 Å². The maximum Gasteiger partial charge on any atom is 0.0987 e. The van der Waals surface area contributed by atoms with Crippen molar-refractivity contribution in [1.82, 2.24) is 4.98 Å². The van der Waals surface area contributed by atoms with E-state index in [4.69, 9.17) is 4.74 Å². The normalized spacial score (nSPS) is 36.0. The van der Waals surface area contributed by atoms with Gasteiger partial charge < -0.3 is 9.84 Å². The average Bonchev–Trinajstić information content (AvgIpc) is 2.93. The Hall–Kier alpha value is -0.450. The number of rotatable bonds is 2. The number of aromatic nitrogens is 1. The summed E-state index contributed by atoms with van der Waals surface area (Å²) in [4.78, 5) is 4.50. The van der Waals surface area contributed by atoms with Crippen LogP contribution in [0.25, 0.3) is 0 Å². The van der Waals surface area contributed by atoms with Crippen molar-refractivity contribution in [1.29, 1.82) is 0 Å². The molecular weight excluding hydrogens is 210 g/mol. The summed E-state index contributed by atoms with van der Waals surface area (Å²) in [7, 11) is 0. The van der Waals surface area contributed by atoms with Gasteiger partial charge in [0.05, 0.1) is 29.0 Å². The minimum atomic E-state index is -0.450. The second-order valence-corrected chi connectivity index (χ2v) is 5.39. The lowest BCUT2D eigenvalue weighted by Gasteiger charge is -2.15. The molecular formula is C11H15NO2S. The molecule has 4 heteroatoms. The van der Waals surface area contributed by atoms with Crippen LogP contribution < -0.4 is 0 Å². The molecule has 2 saturated heterocycles. The Morgan fingerprint density at radius 3 is 3.00 bits per heavy atom. The van der Waals surface area contributed by atoms with Crippen LogP contribution >= 0.6 is 11.3 Å². The van der Waals surface area contributed by atoms with Crippen LogP contribution in [0, 0.1) is 0 Å². The first-order valence-electron chi connectivity index (χ1n) is 5.53. The van der Waals surface area contributed by atoms with E-state index in [-0.39, 0.29) is 0 Å². The summed E-state index contributed by atoms with van der Waals surface area (Å²) in [6, 6.07) is 0. The van der Waals surface area contributed by atoms with Gasteiger partial charge in [-0.15, -0.1) is 11.3 Å². The molecule has 2 fully saturated rings. The lowest BCUT2D eigenvalue weighted by molar-refractivity contribution is 0.100. The van der Waals surface area contributed by atoms with Crippen LogP contribution in [0.4, 0.5) is 0 Å². The maximum absolute atomic E-state index is 9.42. The van der Waals surface area contributed by atoms with Gasteiger partial charge in [0.25, 0.3) is 0 Å². The molecule has 1 aromatic rings. The summed E-state index contributed by atoms with van der Waals surface area (Å²) in [5, 5.41) is 12.5. The summed E-state index contributed by atoms with van der Waals surface area (Å²) in [5.74, 6) is 0.487. The number of thiazole rings is 1. The zero-order chi connectivity index (χ0) is 10.4. The van der Waals surface area contributed by atoms with E-state index in [1.165, 1.54) is 12.8 Å². The first-order chi connectivity index (χ1) is 7.24. The Balaban J connectivity index is 1.81. The van der Waals surface area contributed by atoms with E-state index in [1.807, 2.05) is 5.38 Å². The Morgan fingerprint density at radius 2 is 2.47 bits per heavy atom. The monoisotopic (exact) mass is 225 g/mol. The zero-order valence-electron chi connectivity index (χ0n) is 8.72. The lowest BCUT2D eigenvalue weighted by Crippen LogP contribution is -2.14. The third-order valence-electron chi connectivity index (χ3n) is 3.39. The van der Waals surface area contributed by atoms with Crippen LogP contribution in [0.15, 0.2) is 5.38 Å². The van der Waals surface area contributed by atoms with Gasteiger partial charge in [0, 0.05) is 11.3 Å². The second kappa shape index (κ2) is 3.54. The van der Waals surface area contributed by atoms with E-state index in [0.29, 0.717) is 18.1 Å². The van der Waals surface area contributed by atoms with Crippen LogP contribution in [0.1, 0.15) is 48.9 Å². The van der Waals surface area contributed by atoms with Gasteiger partial charge in [-0.3, -0.25) is 0 Å². The lowest BCUT2D eigenvalue weighted by atomic mass is 9.90. The van der Waals surface area contributed by atoms with Crippen molar-refractivity contribution in [2.75, 3.05) is 0 Å². The largest absolute Gasteiger partial charge is 0.387 e. The van der Waals surface area contributed by atoms with E-state index in [2.05, 4.69) is 4.98 Å². The van der Waals surface area contributed by atoms with Crippen molar-refractivity contribution in [2.45, 2.75) is 50.4 Å². The average molecular weight is 225 g/mol. The van der Waals surface area contributed by atoms with Gasteiger partial charge in [-0.1, -0.05) is 0 Å². The first-order valence-corrected chi connectivity index (χ1v) is 6.41. The minimum absolute atomic E-state index is 0.392. The Bertz CT molecular complexity index is 363. The van der Waals surface area contributed by atoms with Gasteiger partial charge in [0.15, 0.2) is 0 Å². The Morgan fingerprint density at radius 1 is 1.60 bits per heavy atom. The van der Waals surface area contributed by atoms with E-state index in [1.54, 1.807) is 18.3 Å². The predicted molar refractivity (Wildman–Crippen MR) is 58.0 cm³/mol. The first kappa shape index (κ1) is 9.75. The Kier molecular flexibility index (Phi) is 2.30. The molecule has 82 valence electrons. The van der Waals surface area contributed by atoms with E-state index >= 15 is 0 Å². The number of aliphatic hydroxyl groups is 1. The maximum atomic E-state index is 9.42. The molecule has 2 aliphatic rings. The Labute approximate surface area is 93.1 Å². The van der Waals surface area contributed by atoms with Crippen LogP contribution in [-0.2, 0) is 4.74 Å². The molecule has 0 saturated carbocycles. The number of hydrogen-bond donors (Lipinski definition) is 1. The standard InChI is InChI=1S/C11H15NO2S/c1-6(13)9-5-15-11(12-9)8-4-7-2-3-10(8)14-7/h5-8,10,13H,2-4H2,1H3. The van der Waals surface area contributed by atoms with E-state index in [9.17, 15) is 5.11 Å². The van der Waals surface area contributed by atoms with E-state index in [0.717, 1.165) is 17.1 Å². The van der Waals surface area contributed by atoms with Crippen molar-refractivity contribution in [3.63, 3.8) is 0 Å². The fraction of sp³-hybridized carbons (Fsp3) is 0.727. The molecule has 3 nitrogen and oxygen atoms in total. The van der Waals surface area contributed by atoms with Crippen molar-refractivity contribution in [2.24, 2.45) is 0 Å². The molecule has 15 heavy (non-hydrogen) atoms. The number of nitrogens with zero attached hydrogens (tertiary/aromatic N) is 1. The van der Waals surface area contributed by atoms with Crippen LogP contribution in [0.5, 0.6) is 0 Å². The highest BCUT2D eigenvalue weighted by molar-refractivity contribution is 7.09. The van der Waals surface area contributed by atoms with Crippen molar-refractivity contribution in [3.05, 3.63) is 16.1 Å². The van der Waals surface area contributed by atoms with E-state index < -0.39 is 6.10 Å². The smallest absolute Gasteiger partial charge is 0.0987 e. The molecule has 3 heterocycles.